The van der Waals surface area contributed by atoms with Gasteiger partial charge in [-0.2, -0.15) is 0 Å². The minimum Gasteiger partial charge on any atom is -0.497 e. The normalized spacial score (nSPS) is 11.7. The van der Waals surface area contributed by atoms with E-state index in [1.807, 2.05) is 18.2 Å². The number of carbonyl (C=O) groups excluding carboxylic acids is 1. The van der Waals surface area contributed by atoms with E-state index in [9.17, 15) is 13.2 Å². The molecule has 0 saturated heterocycles. The number of benzene rings is 2. The van der Waals surface area contributed by atoms with Crippen molar-refractivity contribution in [3.63, 3.8) is 0 Å². The summed E-state index contributed by atoms with van der Waals surface area (Å²) in [6.45, 7) is 6.79. The summed E-state index contributed by atoms with van der Waals surface area (Å²) in [5, 5.41) is 0.490. The molecule has 0 aliphatic heterocycles. The fourth-order valence-electron chi connectivity index (χ4n) is 3.20. The predicted octanol–water partition coefficient (Wildman–Crippen LogP) is 3.45. The van der Waals surface area contributed by atoms with Crippen molar-refractivity contribution < 1.29 is 17.9 Å². The maximum absolute atomic E-state index is 13.2. The molecule has 2 aromatic carbocycles. The molecule has 166 valence electrons. The maximum Gasteiger partial charge on any atom is 0.244 e. The van der Waals surface area contributed by atoms with Crippen LogP contribution in [0.25, 0.3) is 10.2 Å². The Bertz CT molecular complexity index is 1130. The average Bonchev–Trinajstić information content (AvgIpc) is 3.19. The van der Waals surface area contributed by atoms with Crippen LogP contribution in [-0.4, -0.2) is 63.3 Å². The van der Waals surface area contributed by atoms with Gasteiger partial charge in [0.15, 0.2) is 15.0 Å². The first kappa shape index (κ1) is 23.2. The number of fused-ring (bicyclic) bond motifs is 1. The topological polar surface area (TPSA) is 79.8 Å². The molecule has 1 heterocycles. The van der Waals surface area contributed by atoms with Crippen molar-refractivity contribution in [1.29, 1.82) is 0 Å². The number of anilines is 1. The summed E-state index contributed by atoms with van der Waals surface area (Å²) in [5.41, 5.74) is 0.743. The lowest BCUT2D eigenvalue weighted by molar-refractivity contribution is -0.116. The highest BCUT2D eigenvalue weighted by atomic mass is 32.2. The van der Waals surface area contributed by atoms with Crippen molar-refractivity contribution in [1.82, 2.24) is 9.88 Å². The number of thiazole rings is 1. The molecule has 1 amide bonds. The van der Waals surface area contributed by atoms with Crippen molar-refractivity contribution >= 4 is 42.4 Å². The number of sulfone groups is 1. The molecule has 0 N–H and O–H groups in total. The molecule has 0 aliphatic rings. The van der Waals surface area contributed by atoms with E-state index in [0.29, 0.717) is 24.0 Å². The molecule has 31 heavy (non-hydrogen) atoms. The van der Waals surface area contributed by atoms with E-state index in [2.05, 4.69) is 23.7 Å². The Morgan fingerprint density at radius 1 is 1.06 bits per heavy atom. The summed E-state index contributed by atoms with van der Waals surface area (Å²) in [5.74, 6) is -0.383. The fraction of sp³-hybridized carbons (Fsp3) is 0.364. The van der Waals surface area contributed by atoms with Crippen LogP contribution < -0.4 is 9.64 Å². The third-order valence-corrected chi connectivity index (χ3v) is 7.72. The zero-order valence-corrected chi connectivity index (χ0v) is 19.6. The summed E-state index contributed by atoms with van der Waals surface area (Å²) in [4.78, 5) is 21.6. The number of rotatable bonds is 10. The predicted molar refractivity (Wildman–Crippen MR) is 125 cm³/mol. The van der Waals surface area contributed by atoms with Gasteiger partial charge in [0.1, 0.15) is 11.5 Å². The highest BCUT2D eigenvalue weighted by molar-refractivity contribution is 7.92. The minimum atomic E-state index is -3.75. The van der Waals surface area contributed by atoms with Crippen LogP contribution in [0.1, 0.15) is 13.8 Å². The van der Waals surface area contributed by atoms with Crippen molar-refractivity contribution in [2.75, 3.05) is 43.9 Å². The first-order chi connectivity index (χ1) is 14.9. The Morgan fingerprint density at radius 2 is 1.77 bits per heavy atom. The van der Waals surface area contributed by atoms with E-state index in [1.54, 1.807) is 25.3 Å². The largest absolute Gasteiger partial charge is 0.497 e. The van der Waals surface area contributed by atoms with Crippen LogP contribution in [0, 0.1) is 0 Å². The molecule has 0 spiro atoms. The molecule has 3 rings (SSSR count). The Kier molecular flexibility index (Phi) is 7.64. The molecule has 0 bridgehead atoms. The Balaban J connectivity index is 1.91. The summed E-state index contributed by atoms with van der Waals surface area (Å²) in [6.07, 6.45) is 0. The van der Waals surface area contributed by atoms with Crippen molar-refractivity contribution in [2.45, 2.75) is 18.7 Å². The number of hydrogen-bond acceptors (Lipinski definition) is 7. The smallest absolute Gasteiger partial charge is 0.244 e. The molecule has 3 aromatic rings. The summed E-state index contributed by atoms with van der Waals surface area (Å²) < 4.78 is 31.7. The van der Waals surface area contributed by atoms with Crippen LogP contribution in [-0.2, 0) is 14.6 Å². The molecule has 0 unspecified atom stereocenters. The lowest BCUT2D eigenvalue weighted by Crippen LogP contribution is -2.41. The first-order valence-corrected chi connectivity index (χ1v) is 12.6. The third-order valence-electron chi connectivity index (χ3n) is 5.07. The van der Waals surface area contributed by atoms with Gasteiger partial charge in [-0.15, -0.1) is 0 Å². The second kappa shape index (κ2) is 10.2. The molecule has 0 radical (unpaired) electrons. The van der Waals surface area contributed by atoms with Gasteiger partial charge in [0.05, 0.1) is 22.2 Å². The van der Waals surface area contributed by atoms with Gasteiger partial charge < -0.3 is 9.64 Å². The zero-order valence-electron chi connectivity index (χ0n) is 17.9. The minimum absolute atomic E-state index is 0.140. The highest BCUT2D eigenvalue weighted by Gasteiger charge is 2.26. The van der Waals surface area contributed by atoms with Crippen molar-refractivity contribution in [2.24, 2.45) is 0 Å². The van der Waals surface area contributed by atoms with Gasteiger partial charge >= 0.3 is 0 Å². The van der Waals surface area contributed by atoms with Gasteiger partial charge in [0.2, 0.25) is 5.91 Å². The van der Waals surface area contributed by atoms with Crippen LogP contribution in [0.4, 0.5) is 5.13 Å². The van der Waals surface area contributed by atoms with Gasteiger partial charge in [0.25, 0.3) is 0 Å². The maximum atomic E-state index is 13.2. The van der Waals surface area contributed by atoms with Crippen molar-refractivity contribution in [3.05, 3.63) is 48.5 Å². The Labute approximate surface area is 187 Å². The number of aromatic nitrogens is 1. The molecule has 0 aliphatic carbocycles. The van der Waals surface area contributed by atoms with Crippen LogP contribution in [0.3, 0.4) is 0 Å². The number of carbonyl (C=O) groups is 1. The van der Waals surface area contributed by atoms with E-state index < -0.39 is 21.5 Å². The molecule has 7 nitrogen and oxygen atoms in total. The van der Waals surface area contributed by atoms with Gasteiger partial charge in [-0.25, -0.2) is 13.4 Å². The van der Waals surface area contributed by atoms with E-state index in [0.717, 1.165) is 23.3 Å². The molecular weight excluding hydrogens is 434 g/mol. The quantitative estimate of drug-likeness (QED) is 0.460. The lowest BCUT2D eigenvalue weighted by atomic mass is 10.3. The number of likely N-dealkylation sites (N-methyl/N-ethyl adjacent to an activating group) is 1. The SMILES string of the molecule is CCN(CC)CCN(C(=O)CS(=O)(=O)c1ccccc1)c1nc2ccc(OC)cc2s1. The summed E-state index contributed by atoms with van der Waals surface area (Å²) in [6, 6.07) is 13.6. The monoisotopic (exact) mass is 461 g/mol. The van der Waals surface area contributed by atoms with E-state index in [4.69, 9.17) is 4.74 Å². The Hall–Kier alpha value is -2.49. The second-order valence-electron chi connectivity index (χ2n) is 6.97. The first-order valence-electron chi connectivity index (χ1n) is 10.1. The Morgan fingerprint density at radius 3 is 2.42 bits per heavy atom. The number of hydrogen-bond donors (Lipinski definition) is 0. The third kappa shape index (κ3) is 5.61. The van der Waals surface area contributed by atoms with Crippen molar-refractivity contribution in [3.8, 4) is 5.75 Å². The van der Waals surface area contributed by atoms with E-state index >= 15 is 0 Å². The molecular formula is C22H27N3O4S2. The number of methoxy groups -OCH3 is 1. The summed E-state index contributed by atoms with van der Waals surface area (Å²) >= 11 is 1.35. The fourth-order valence-corrected chi connectivity index (χ4v) is 5.45. The second-order valence-corrected chi connectivity index (χ2v) is 9.97. The lowest BCUT2D eigenvalue weighted by Gasteiger charge is -2.24. The molecule has 0 atom stereocenters. The van der Waals surface area contributed by atoms with Gasteiger partial charge in [-0.1, -0.05) is 43.4 Å². The number of amides is 1. The van der Waals surface area contributed by atoms with Crippen LogP contribution >= 0.6 is 11.3 Å². The average molecular weight is 462 g/mol. The zero-order chi connectivity index (χ0) is 22.4. The van der Waals surface area contributed by atoms with Gasteiger partial charge in [-0.3, -0.25) is 9.69 Å². The standard InChI is InChI=1S/C22H27N3O4S2/c1-4-24(5-2)13-14-25(21(26)16-31(27,28)18-9-7-6-8-10-18)22-23-19-12-11-17(29-3)15-20(19)30-22/h6-12,15H,4-5,13-14,16H2,1-3H3. The van der Waals surface area contributed by atoms with Gasteiger partial charge in [-0.05, 0) is 43.4 Å². The number of ether oxygens (including phenoxy) is 1. The summed E-state index contributed by atoms with van der Waals surface area (Å²) in [7, 11) is -2.16. The molecule has 0 saturated carbocycles. The van der Waals surface area contributed by atoms with E-state index in [-0.39, 0.29) is 4.90 Å². The molecule has 0 fully saturated rings. The van der Waals surface area contributed by atoms with Crippen LogP contribution in [0.15, 0.2) is 53.4 Å². The van der Waals surface area contributed by atoms with Crippen LogP contribution in [0.5, 0.6) is 5.75 Å². The highest BCUT2D eigenvalue weighted by Crippen LogP contribution is 2.31. The molecule has 9 heteroatoms. The van der Waals surface area contributed by atoms with E-state index in [1.165, 1.54) is 28.4 Å². The van der Waals surface area contributed by atoms with Crippen LogP contribution in [0.2, 0.25) is 0 Å². The molecule has 1 aromatic heterocycles. The number of nitrogens with zero attached hydrogens (tertiary/aromatic N) is 3. The van der Waals surface area contributed by atoms with Gasteiger partial charge in [0, 0.05) is 13.1 Å².